The average molecular weight is 616 g/mol. The van der Waals surface area contributed by atoms with Crippen LogP contribution >= 0.6 is 0 Å². The molecule has 0 fully saturated rings. The van der Waals surface area contributed by atoms with E-state index in [1.807, 2.05) is 59.3 Å². The van der Waals surface area contributed by atoms with Gasteiger partial charge in [-0.1, -0.05) is 66.7 Å². The topological polar surface area (TPSA) is 162 Å². The fourth-order valence-electron chi connectivity index (χ4n) is 5.34. The van der Waals surface area contributed by atoms with Gasteiger partial charge in [-0.25, -0.2) is 22.9 Å². The largest absolute Gasteiger partial charge is 0.465 e. The molecule has 2 atom stereocenters. The van der Waals surface area contributed by atoms with E-state index in [9.17, 15) is 27.9 Å². The third-order valence-corrected chi connectivity index (χ3v) is 8.74. The van der Waals surface area contributed by atoms with Crippen LogP contribution in [0.3, 0.4) is 0 Å². The maximum Gasteiger partial charge on any atom is 0.408 e. The third kappa shape index (κ3) is 6.65. The average Bonchev–Trinajstić information content (AvgIpc) is 3.51. The van der Waals surface area contributed by atoms with Crippen LogP contribution in [0.25, 0.3) is 15.9 Å². The highest BCUT2D eigenvalue weighted by Gasteiger charge is 2.38. The van der Waals surface area contributed by atoms with Crippen molar-refractivity contribution >= 4 is 43.9 Å². The van der Waals surface area contributed by atoms with Crippen molar-refractivity contribution in [1.29, 1.82) is 0 Å². The molecule has 11 nitrogen and oxygen atoms in total. The van der Waals surface area contributed by atoms with E-state index in [1.165, 1.54) is 4.90 Å². The number of nitrogens with one attached hydrogen (secondary N) is 3. The lowest BCUT2D eigenvalue weighted by Crippen LogP contribution is -2.58. The standard InChI is InChI=1S/C32H33N5O6S/c1-32(2,3)37(31(40)41)26(18-20-9-5-4-6-10-20)30(39)35-25(29-33-23-11-7-8-12-24(23)34-29)17-21-13-15-22(16-14-21)27-19-28(38)36-44(27,42)43/h4-16,19,25-26H,17-18H2,1-3H3,(H,33,34)(H,35,39)(H,36,38)(H,40,41)/t25?,26-/m0/s1. The second-order valence-electron chi connectivity index (χ2n) is 11.6. The number of aromatic amines is 1. The maximum atomic E-state index is 14.1. The Bertz CT molecular complexity index is 1810. The van der Waals surface area contributed by atoms with Crippen molar-refractivity contribution < 1.29 is 27.9 Å². The van der Waals surface area contributed by atoms with E-state index in [0.717, 1.165) is 22.7 Å². The summed E-state index contributed by atoms with van der Waals surface area (Å²) in [5, 5.41) is 13.3. The summed E-state index contributed by atoms with van der Waals surface area (Å²) in [5.41, 5.74) is 2.51. The Balaban J connectivity index is 1.49. The molecular formula is C32H33N5O6S. The number of fused-ring (bicyclic) bond motifs is 1. The highest BCUT2D eigenvalue weighted by Crippen LogP contribution is 2.27. The zero-order valence-electron chi connectivity index (χ0n) is 24.4. The summed E-state index contributed by atoms with van der Waals surface area (Å²) in [5.74, 6) is -0.705. The third-order valence-electron chi connectivity index (χ3n) is 7.33. The summed E-state index contributed by atoms with van der Waals surface area (Å²) in [6, 6.07) is 21.6. The SMILES string of the molecule is CC(C)(C)N(C(=O)O)[C@@H](Cc1ccccc1)C(=O)NC(Cc1ccc(C2=CC(=O)NS2(=O)=O)cc1)c1nc2ccccc2[nH]1. The van der Waals surface area contributed by atoms with Crippen LogP contribution in [-0.4, -0.2) is 57.9 Å². The fourth-order valence-corrected chi connectivity index (χ4v) is 6.48. The zero-order valence-corrected chi connectivity index (χ0v) is 25.3. The van der Waals surface area contributed by atoms with E-state index in [4.69, 9.17) is 4.98 Å². The Kier molecular flexibility index (Phi) is 8.29. The number of para-hydroxylation sites is 2. The molecule has 3 amide bonds. The van der Waals surface area contributed by atoms with Crippen molar-refractivity contribution in [3.8, 4) is 0 Å². The van der Waals surface area contributed by atoms with Gasteiger partial charge >= 0.3 is 6.09 Å². The maximum absolute atomic E-state index is 14.1. The molecule has 12 heteroatoms. The minimum Gasteiger partial charge on any atom is -0.465 e. The summed E-state index contributed by atoms with van der Waals surface area (Å²) in [6.45, 7) is 5.23. The summed E-state index contributed by atoms with van der Waals surface area (Å²) < 4.78 is 26.5. The van der Waals surface area contributed by atoms with E-state index in [-0.39, 0.29) is 17.7 Å². The van der Waals surface area contributed by atoms with Gasteiger partial charge in [0.2, 0.25) is 5.91 Å². The number of H-pyrrole nitrogens is 1. The van der Waals surface area contributed by atoms with Crippen molar-refractivity contribution in [2.75, 3.05) is 0 Å². The highest BCUT2D eigenvalue weighted by atomic mass is 32.2. The molecule has 0 saturated heterocycles. The van der Waals surface area contributed by atoms with Crippen molar-refractivity contribution in [3.63, 3.8) is 0 Å². The summed E-state index contributed by atoms with van der Waals surface area (Å²) in [6.07, 6.45) is 0.246. The predicted molar refractivity (Wildman–Crippen MR) is 166 cm³/mol. The Morgan fingerprint density at radius 3 is 2.16 bits per heavy atom. The minimum atomic E-state index is -3.92. The molecule has 0 bridgehead atoms. The molecule has 1 unspecified atom stereocenters. The van der Waals surface area contributed by atoms with E-state index in [0.29, 0.717) is 16.9 Å². The molecule has 2 heterocycles. The lowest BCUT2D eigenvalue weighted by molar-refractivity contribution is -0.128. The van der Waals surface area contributed by atoms with Crippen LogP contribution < -0.4 is 10.0 Å². The van der Waals surface area contributed by atoms with Crippen LogP contribution in [0.2, 0.25) is 0 Å². The first kappa shape index (κ1) is 30.5. The lowest BCUT2D eigenvalue weighted by Gasteiger charge is -2.39. The van der Waals surface area contributed by atoms with Gasteiger partial charge in [0.1, 0.15) is 16.8 Å². The molecule has 5 rings (SSSR count). The number of sulfonamides is 1. The van der Waals surface area contributed by atoms with E-state index in [2.05, 4.69) is 10.3 Å². The van der Waals surface area contributed by atoms with Crippen molar-refractivity contribution in [1.82, 2.24) is 24.9 Å². The molecule has 228 valence electrons. The predicted octanol–water partition coefficient (Wildman–Crippen LogP) is 4.15. The van der Waals surface area contributed by atoms with E-state index in [1.54, 1.807) is 45.0 Å². The molecule has 0 spiro atoms. The molecule has 0 saturated carbocycles. The summed E-state index contributed by atoms with van der Waals surface area (Å²) in [7, 11) is -3.92. The second-order valence-corrected chi connectivity index (χ2v) is 13.3. The first-order valence-corrected chi connectivity index (χ1v) is 15.5. The monoisotopic (exact) mass is 615 g/mol. The van der Waals surface area contributed by atoms with Gasteiger partial charge in [0.05, 0.1) is 17.1 Å². The first-order chi connectivity index (χ1) is 20.8. The van der Waals surface area contributed by atoms with Crippen LogP contribution in [0.1, 0.15) is 49.3 Å². The number of carboxylic acid groups (broad SMARTS) is 1. The quantitative estimate of drug-likeness (QED) is 0.220. The molecule has 44 heavy (non-hydrogen) atoms. The molecule has 3 aromatic carbocycles. The molecule has 4 N–H and O–H groups in total. The van der Waals surface area contributed by atoms with Crippen molar-refractivity contribution in [3.05, 3.63) is 107 Å². The van der Waals surface area contributed by atoms with Crippen molar-refractivity contribution in [2.45, 2.75) is 51.2 Å². The number of benzene rings is 3. The number of amides is 3. The number of aromatic nitrogens is 2. The number of rotatable bonds is 9. The van der Waals surface area contributed by atoms with Gasteiger partial charge in [-0.3, -0.25) is 14.5 Å². The van der Waals surface area contributed by atoms with E-state index >= 15 is 0 Å². The normalized spacial score (nSPS) is 15.7. The summed E-state index contributed by atoms with van der Waals surface area (Å²) >= 11 is 0. The Morgan fingerprint density at radius 2 is 1.57 bits per heavy atom. The first-order valence-electron chi connectivity index (χ1n) is 14.0. The number of hydrogen-bond acceptors (Lipinski definition) is 6. The van der Waals surface area contributed by atoms with Crippen LogP contribution in [0.5, 0.6) is 0 Å². The summed E-state index contributed by atoms with van der Waals surface area (Å²) in [4.78, 5) is 47.3. The molecule has 0 radical (unpaired) electrons. The number of nitrogens with zero attached hydrogens (tertiary/aromatic N) is 2. The van der Waals surface area contributed by atoms with Gasteiger partial charge < -0.3 is 15.4 Å². The van der Waals surface area contributed by atoms with Gasteiger partial charge in [0, 0.05) is 18.0 Å². The van der Waals surface area contributed by atoms with Gasteiger partial charge in [0.25, 0.3) is 15.9 Å². The number of carbonyl (C=O) groups is 3. The number of hydrogen-bond donors (Lipinski definition) is 4. The zero-order chi connectivity index (χ0) is 31.6. The Labute approximate surface area is 255 Å². The molecular weight excluding hydrogens is 582 g/mol. The minimum absolute atomic E-state index is 0.115. The van der Waals surface area contributed by atoms with E-state index < -0.39 is 45.6 Å². The fraction of sp³-hybridized carbons (Fsp3) is 0.250. The number of carbonyl (C=O) groups excluding carboxylic acids is 2. The van der Waals surface area contributed by atoms with Gasteiger partial charge in [-0.15, -0.1) is 0 Å². The Morgan fingerprint density at radius 1 is 0.932 bits per heavy atom. The van der Waals surface area contributed by atoms with Crippen LogP contribution in [0.4, 0.5) is 4.79 Å². The molecule has 1 aliphatic rings. The van der Waals surface area contributed by atoms with Gasteiger partial charge in [0.15, 0.2) is 0 Å². The highest BCUT2D eigenvalue weighted by molar-refractivity contribution is 7.99. The van der Waals surface area contributed by atoms with Gasteiger partial charge in [-0.05, 0) is 56.0 Å². The van der Waals surface area contributed by atoms with Crippen LogP contribution in [0, 0.1) is 0 Å². The lowest BCUT2D eigenvalue weighted by atomic mass is 9.97. The smallest absolute Gasteiger partial charge is 0.408 e. The van der Waals surface area contributed by atoms with Crippen LogP contribution in [0.15, 0.2) is 84.9 Å². The molecule has 1 aromatic heterocycles. The van der Waals surface area contributed by atoms with Crippen LogP contribution in [-0.2, 0) is 32.5 Å². The molecule has 1 aliphatic heterocycles. The molecule has 0 aliphatic carbocycles. The van der Waals surface area contributed by atoms with Crippen molar-refractivity contribution in [2.24, 2.45) is 0 Å². The van der Waals surface area contributed by atoms with Gasteiger partial charge in [-0.2, -0.15) is 0 Å². The molecule has 4 aromatic rings. The second kappa shape index (κ2) is 12.0. The Hall–Kier alpha value is -4.97. The number of imidazole rings is 1.